The number of halogens is 1. The lowest BCUT2D eigenvalue weighted by atomic mass is 9.75. The highest BCUT2D eigenvalue weighted by atomic mass is 19.1. The Kier molecular flexibility index (Phi) is 5.89. The maximum absolute atomic E-state index is 13.8. The van der Waals surface area contributed by atoms with E-state index in [-0.39, 0.29) is 24.4 Å². The van der Waals surface area contributed by atoms with Crippen LogP contribution >= 0.6 is 0 Å². The standard InChI is InChI=1S/C25H29FN2O2/c1-16(2)20-12-11-17(3)13-23(20)30-24(29)15-28-22-10-5-4-9-21(22)27-25(28)18-7-6-8-19(26)14-18/h4-10,14,16-17,20,23H,11-13,15H2,1-3H3/t17-,20+,23-/m1/s1. The molecule has 0 saturated heterocycles. The number of esters is 1. The molecular weight excluding hydrogens is 379 g/mol. The van der Waals surface area contributed by atoms with Crippen molar-refractivity contribution < 1.29 is 13.9 Å². The third-order valence-corrected chi connectivity index (χ3v) is 6.27. The maximum Gasteiger partial charge on any atom is 0.326 e. The SMILES string of the molecule is CC(C)[C@@H]1CC[C@@H](C)C[C@H]1OC(=O)Cn1c(-c2cccc(F)c2)nc2ccccc21. The Hall–Kier alpha value is -2.69. The van der Waals surface area contributed by atoms with Crippen LogP contribution in [0.4, 0.5) is 4.39 Å². The van der Waals surface area contributed by atoms with Gasteiger partial charge in [-0.25, -0.2) is 9.37 Å². The Morgan fingerprint density at radius 3 is 2.77 bits per heavy atom. The number of hydrogen-bond acceptors (Lipinski definition) is 3. The highest BCUT2D eigenvalue weighted by Crippen LogP contribution is 2.35. The summed E-state index contributed by atoms with van der Waals surface area (Å²) in [5, 5.41) is 0. The summed E-state index contributed by atoms with van der Waals surface area (Å²) in [6.07, 6.45) is 3.15. The first-order valence-electron chi connectivity index (χ1n) is 10.8. The summed E-state index contributed by atoms with van der Waals surface area (Å²) in [5.74, 6) is 1.42. The summed E-state index contributed by atoms with van der Waals surface area (Å²) in [4.78, 5) is 17.7. The number of fused-ring (bicyclic) bond motifs is 1. The van der Waals surface area contributed by atoms with E-state index in [0.717, 1.165) is 23.9 Å². The van der Waals surface area contributed by atoms with Crippen molar-refractivity contribution in [1.82, 2.24) is 9.55 Å². The topological polar surface area (TPSA) is 44.1 Å². The minimum absolute atomic E-state index is 0.0475. The van der Waals surface area contributed by atoms with Gasteiger partial charge in [-0.3, -0.25) is 4.79 Å². The lowest BCUT2D eigenvalue weighted by Gasteiger charge is -2.36. The third kappa shape index (κ3) is 4.25. The van der Waals surface area contributed by atoms with Crippen LogP contribution in [0.15, 0.2) is 48.5 Å². The molecule has 30 heavy (non-hydrogen) atoms. The Balaban J connectivity index is 1.63. The molecule has 1 aliphatic carbocycles. The van der Waals surface area contributed by atoms with E-state index in [0.29, 0.717) is 29.1 Å². The average Bonchev–Trinajstić information content (AvgIpc) is 3.06. The molecule has 0 spiro atoms. The minimum Gasteiger partial charge on any atom is -0.461 e. The number of nitrogens with zero attached hydrogens (tertiary/aromatic N) is 2. The lowest BCUT2D eigenvalue weighted by molar-refractivity contribution is -0.156. The van der Waals surface area contributed by atoms with E-state index in [1.807, 2.05) is 34.9 Å². The second kappa shape index (κ2) is 8.58. The van der Waals surface area contributed by atoms with Crippen LogP contribution < -0.4 is 0 Å². The molecule has 158 valence electrons. The fourth-order valence-electron chi connectivity index (χ4n) is 4.67. The van der Waals surface area contributed by atoms with Crippen LogP contribution in [0.1, 0.15) is 40.0 Å². The normalized spacial score (nSPS) is 21.8. The van der Waals surface area contributed by atoms with Crippen molar-refractivity contribution in [2.75, 3.05) is 0 Å². The predicted octanol–water partition coefficient (Wildman–Crippen LogP) is 5.85. The molecule has 1 fully saturated rings. The summed E-state index contributed by atoms with van der Waals surface area (Å²) in [7, 11) is 0. The molecule has 5 heteroatoms. The molecule has 2 aromatic carbocycles. The van der Waals surface area contributed by atoms with Crippen LogP contribution in [0.5, 0.6) is 0 Å². The van der Waals surface area contributed by atoms with Gasteiger partial charge in [0.25, 0.3) is 0 Å². The molecule has 3 atom stereocenters. The van der Waals surface area contributed by atoms with E-state index in [4.69, 9.17) is 4.74 Å². The van der Waals surface area contributed by atoms with Crippen LogP contribution in [-0.2, 0) is 16.1 Å². The van der Waals surface area contributed by atoms with Crippen molar-refractivity contribution >= 4 is 17.0 Å². The molecule has 3 aromatic rings. The largest absolute Gasteiger partial charge is 0.461 e. The lowest BCUT2D eigenvalue weighted by Crippen LogP contribution is -2.36. The van der Waals surface area contributed by atoms with Gasteiger partial charge in [-0.05, 0) is 54.9 Å². The first-order chi connectivity index (χ1) is 14.4. The Morgan fingerprint density at radius 2 is 2.00 bits per heavy atom. The number of carbonyl (C=O) groups is 1. The molecule has 4 nitrogen and oxygen atoms in total. The highest BCUT2D eigenvalue weighted by Gasteiger charge is 2.33. The number of carbonyl (C=O) groups excluding carboxylic acids is 1. The molecule has 1 aliphatic rings. The third-order valence-electron chi connectivity index (χ3n) is 6.27. The smallest absolute Gasteiger partial charge is 0.326 e. The number of benzene rings is 2. The van der Waals surface area contributed by atoms with Crippen molar-refractivity contribution in [2.24, 2.45) is 17.8 Å². The van der Waals surface area contributed by atoms with Crippen LogP contribution in [0.3, 0.4) is 0 Å². The van der Waals surface area contributed by atoms with Crippen LogP contribution in [0.25, 0.3) is 22.4 Å². The number of imidazole rings is 1. The van der Waals surface area contributed by atoms with Gasteiger partial charge < -0.3 is 9.30 Å². The number of para-hydroxylation sites is 2. The number of rotatable bonds is 5. The second-order valence-electron chi connectivity index (χ2n) is 8.88. The fraction of sp³-hybridized carbons (Fsp3) is 0.440. The molecule has 1 heterocycles. The van der Waals surface area contributed by atoms with Crippen LogP contribution in [0, 0.1) is 23.6 Å². The van der Waals surface area contributed by atoms with E-state index < -0.39 is 0 Å². The Labute approximate surface area is 177 Å². The van der Waals surface area contributed by atoms with Crippen molar-refractivity contribution in [2.45, 2.75) is 52.7 Å². The van der Waals surface area contributed by atoms with E-state index in [1.54, 1.807) is 6.07 Å². The molecule has 0 bridgehead atoms. The first-order valence-corrected chi connectivity index (χ1v) is 10.8. The summed E-state index contributed by atoms with van der Waals surface area (Å²) < 4.78 is 21.7. The first kappa shape index (κ1) is 20.6. The number of aromatic nitrogens is 2. The van der Waals surface area contributed by atoms with E-state index in [2.05, 4.69) is 25.8 Å². The van der Waals surface area contributed by atoms with Crippen molar-refractivity contribution in [3.63, 3.8) is 0 Å². The van der Waals surface area contributed by atoms with Crippen molar-refractivity contribution in [3.05, 3.63) is 54.3 Å². The molecule has 0 aliphatic heterocycles. The summed E-state index contributed by atoms with van der Waals surface area (Å²) in [6, 6.07) is 14.0. The second-order valence-corrected chi connectivity index (χ2v) is 8.88. The van der Waals surface area contributed by atoms with Gasteiger partial charge in [0.15, 0.2) is 0 Å². The monoisotopic (exact) mass is 408 g/mol. The summed E-state index contributed by atoms with van der Waals surface area (Å²) in [6.45, 7) is 6.69. The predicted molar refractivity (Wildman–Crippen MR) is 116 cm³/mol. The van der Waals surface area contributed by atoms with Gasteiger partial charge in [-0.2, -0.15) is 0 Å². The fourth-order valence-corrected chi connectivity index (χ4v) is 4.67. The van der Waals surface area contributed by atoms with Gasteiger partial charge in [-0.1, -0.05) is 51.5 Å². The van der Waals surface area contributed by atoms with Gasteiger partial charge in [0.1, 0.15) is 24.3 Å². The van der Waals surface area contributed by atoms with Gasteiger partial charge in [-0.15, -0.1) is 0 Å². The van der Waals surface area contributed by atoms with Crippen LogP contribution in [-0.4, -0.2) is 21.6 Å². The van der Waals surface area contributed by atoms with E-state index in [9.17, 15) is 9.18 Å². The number of hydrogen-bond donors (Lipinski definition) is 0. The summed E-state index contributed by atoms with van der Waals surface area (Å²) >= 11 is 0. The molecule has 0 radical (unpaired) electrons. The highest BCUT2D eigenvalue weighted by molar-refractivity contribution is 5.83. The van der Waals surface area contributed by atoms with Gasteiger partial charge in [0.2, 0.25) is 0 Å². The van der Waals surface area contributed by atoms with Crippen molar-refractivity contribution in [1.29, 1.82) is 0 Å². The molecule has 4 rings (SSSR count). The average molecular weight is 409 g/mol. The number of ether oxygens (including phenoxy) is 1. The molecular formula is C25H29FN2O2. The quantitative estimate of drug-likeness (QED) is 0.498. The van der Waals surface area contributed by atoms with Gasteiger partial charge >= 0.3 is 5.97 Å². The molecule has 1 saturated carbocycles. The zero-order valence-corrected chi connectivity index (χ0v) is 17.8. The Morgan fingerprint density at radius 1 is 1.20 bits per heavy atom. The van der Waals surface area contributed by atoms with Crippen LogP contribution in [0.2, 0.25) is 0 Å². The van der Waals surface area contributed by atoms with E-state index >= 15 is 0 Å². The Bertz CT molecular complexity index is 1040. The zero-order chi connectivity index (χ0) is 21.3. The minimum atomic E-state index is -0.329. The molecule has 0 amide bonds. The van der Waals surface area contributed by atoms with Gasteiger partial charge in [0.05, 0.1) is 11.0 Å². The van der Waals surface area contributed by atoms with Gasteiger partial charge in [0, 0.05) is 5.56 Å². The summed E-state index contributed by atoms with van der Waals surface area (Å²) in [5.41, 5.74) is 2.26. The van der Waals surface area contributed by atoms with Crippen molar-refractivity contribution in [3.8, 4) is 11.4 Å². The molecule has 1 aromatic heterocycles. The molecule has 0 N–H and O–H groups in total. The van der Waals surface area contributed by atoms with E-state index in [1.165, 1.54) is 18.6 Å². The molecule has 0 unspecified atom stereocenters. The zero-order valence-electron chi connectivity index (χ0n) is 17.8. The maximum atomic E-state index is 13.8.